The molecule has 0 bridgehead atoms. The molecule has 0 aliphatic carbocycles. The molecule has 5 nitrogen and oxygen atoms in total. The van der Waals surface area contributed by atoms with Crippen molar-refractivity contribution in [3.63, 3.8) is 0 Å². The van der Waals surface area contributed by atoms with Gasteiger partial charge in [0.1, 0.15) is 12.2 Å². The summed E-state index contributed by atoms with van der Waals surface area (Å²) < 4.78 is 0. The molecule has 2 atom stereocenters. The van der Waals surface area contributed by atoms with Crippen molar-refractivity contribution in [2.24, 2.45) is 5.73 Å². The minimum Gasteiger partial charge on any atom is -0.390 e. The van der Waals surface area contributed by atoms with Crippen LogP contribution in [0.15, 0.2) is 18.2 Å². The van der Waals surface area contributed by atoms with Crippen LogP contribution in [0.5, 0.6) is 0 Å². The first-order chi connectivity index (χ1) is 7.95. The zero-order valence-electron chi connectivity index (χ0n) is 8.80. The molecule has 1 aromatic carbocycles. The average Bonchev–Trinajstić information content (AvgIpc) is 2.27. The number of aliphatic hydroxyl groups is 2. The lowest BCUT2D eigenvalue weighted by Gasteiger charge is -2.17. The third kappa shape index (κ3) is 3.43. The maximum Gasteiger partial charge on any atom is 0.220 e. The summed E-state index contributed by atoms with van der Waals surface area (Å²) in [6, 6.07) is 6.13. The Bertz CT molecular complexity index is 470. The van der Waals surface area contributed by atoms with Gasteiger partial charge in [-0.2, -0.15) is 5.26 Å². The Morgan fingerprint density at radius 1 is 1.53 bits per heavy atom. The van der Waals surface area contributed by atoms with Gasteiger partial charge in [0.2, 0.25) is 5.91 Å². The Labute approximate surface area is 103 Å². The number of rotatable bonds is 4. The molecule has 0 aliphatic heterocycles. The van der Waals surface area contributed by atoms with Crippen LogP contribution in [0.2, 0.25) is 5.02 Å². The van der Waals surface area contributed by atoms with Gasteiger partial charge >= 0.3 is 0 Å². The standard InChI is InChI=1S/C11H11ClN2O3/c12-8-3-6(1-2-7(8)5-13)11(17)9(15)4-10(14)16/h1-3,9,11,15,17H,4H2,(H2,14,16). The van der Waals surface area contributed by atoms with Crippen molar-refractivity contribution in [3.05, 3.63) is 34.3 Å². The van der Waals surface area contributed by atoms with Gasteiger partial charge < -0.3 is 15.9 Å². The van der Waals surface area contributed by atoms with Gasteiger partial charge in [-0.25, -0.2) is 0 Å². The molecule has 0 saturated heterocycles. The number of halogens is 1. The summed E-state index contributed by atoms with van der Waals surface area (Å²) in [5.41, 5.74) is 5.50. The predicted molar refractivity (Wildman–Crippen MR) is 60.9 cm³/mol. The molecule has 0 heterocycles. The van der Waals surface area contributed by atoms with Crippen LogP contribution in [0.4, 0.5) is 0 Å². The van der Waals surface area contributed by atoms with Gasteiger partial charge in [-0.1, -0.05) is 17.7 Å². The molecular weight excluding hydrogens is 244 g/mol. The highest BCUT2D eigenvalue weighted by molar-refractivity contribution is 6.31. The van der Waals surface area contributed by atoms with Crippen LogP contribution in [0.1, 0.15) is 23.7 Å². The number of carbonyl (C=O) groups excluding carboxylic acids is 1. The van der Waals surface area contributed by atoms with Gasteiger partial charge in [-0.15, -0.1) is 0 Å². The molecule has 1 amide bonds. The number of primary amides is 1. The zero-order chi connectivity index (χ0) is 13.0. The lowest BCUT2D eigenvalue weighted by molar-refractivity contribution is -0.121. The summed E-state index contributed by atoms with van der Waals surface area (Å²) in [5, 5.41) is 28.1. The van der Waals surface area contributed by atoms with Crippen LogP contribution in [0.3, 0.4) is 0 Å². The summed E-state index contributed by atoms with van der Waals surface area (Å²) in [4.78, 5) is 10.6. The number of benzene rings is 1. The zero-order valence-corrected chi connectivity index (χ0v) is 9.55. The molecule has 90 valence electrons. The van der Waals surface area contributed by atoms with Crippen LogP contribution in [-0.4, -0.2) is 22.2 Å². The smallest absolute Gasteiger partial charge is 0.220 e. The summed E-state index contributed by atoms with van der Waals surface area (Å²) in [6.07, 6.45) is -2.91. The molecule has 1 rings (SSSR count). The third-order valence-corrected chi connectivity index (χ3v) is 2.54. The third-order valence-electron chi connectivity index (χ3n) is 2.23. The van der Waals surface area contributed by atoms with Crippen LogP contribution >= 0.6 is 11.6 Å². The lowest BCUT2D eigenvalue weighted by atomic mass is 10.0. The van der Waals surface area contributed by atoms with Crippen LogP contribution in [0, 0.1) is 11.3 Å². The minimum atomic E-state index is -1.29. The van der Waals surface area contributed by atoms with Gasteiger partial charge in [-0.05, 0) is 17.7 Å². The van der Waals surface area contributed by atoms with E-state index in [4.69, 9.17) is 22.6 Å². The van der Waals surface area contributed by atoms with Crippen molar-refractivity contribution >= 4 is 17.5 Å². The lowest BCUT2D eigenvalue weighted by Crippen LogP contribution is -2.25. The summed E-state index contributed by atoms with van der Waals surface area (Å²) in [7, 11) is 0. The Balaban J connectivity index is 2.90. The summed E-state index contributed by atoms with van der Waals surface area (Å²) >= 11 is 5.78. The maximum atomic E-state index is 10.6. The van der Waals surface area contributed by atoms with Gasteiger partial charge in [0.25, 0.3) is 0 Å². The molecule has 4 N–H and O–H groups in total. The fourth-order valence-electron chi connectivity index (χ4n) is 1.35. The first-order valence-corrected chi connectivity index (χ1v) is 5.17. The molecule has 6 heteroatoms. The summed E-state index contributed by atoms with van der Waals surface area (Å²) in [6.45, 7) is 0. The van der Waals surface area contributed by atoms with Crippen LogP contribution < -0.4 is 5.73 Å². The number of aliphatic hydroxyl groups excluding tert-OH is 2. The fraction of sp³-hybridized carbons (Fsp3) is 0.273. The molecule has 2 unspecified atom stereocenters. The average molecular weight is 255 g/mol. The molecule has 0 fully saturated rings. The van der Waals surface area contributed by atoms with E-state index >= 15 is 0 Å². The number of hydrogen-bond acceptors (Lipinski definition) is 4. The van der Waals surface area contributed by atoms with Crippen molar-refractivity contribution in [1.29, 1.82) is 5.26 Å². The highest BCUT2D eigenvalue weighted by atomic mass is 35.5. The normalized spacial score (nSPS) is 13.8. The monoisotopic (exact) mass is 254 g/mol. The number of nitrogens with zero attached hydrogens (tertiary/aromatic N) is 1. The molecule has 1 aromatic rings. The van der Waals surface area contributed by atoms with Gasteiger partial charge in [0, 0.05) is 0 Å². The second kappa shape index (κ2) is 5.64. The summed E-state index contributed by atoms with van der Waals surface area (Å²) in [5.74, 6) is -0.712. The first-order valence-electron chi connectivity index (χ1n) is 4.79. The topological polar surface area (TPSA) is 107 Å². The molecule has 0 radical (unpaired) electrons. The van der Waals surface area contributed by atoms with Gasteiger partial charge in [0.15, 0.2) is 0 Å². The van der Waals surface area contributed by atoms with Gasteiger partial charge in [0.05, 0.1) is 23.1 Å². The number of nitrogens with two attached hydrogens (primary N) is 1. The predicted octanol–water partition coefficient (Wildman–Crippen LogP) is 0.481. The van der Waals surface area contributed by atoms with Crippen molar-refractivity contribution in [1.82, 2.24) is 0 Å². The second-order valence-corrected chi connectivity index (χ2v) is 3.94. The molecule has 0 aromatic heterocycles. The van der Waals surface area contributed by atoms with E-state index in [0.29, 0.717) is 5.56 Å². The molecule has 0 spiro atoms. The van der Waals surface area contributed by atoms with Gasteiger partial charge in [-0.3, -0.25) is 4.79 Å². The SMILES string of the molecule is N#Cc1ccc(C(O)C(O)CC(N)=O)cc1Cl. The Morgan fingerprint density at radius 2 is 2.18 bits per heavy atom. The molecule has 17 heavy (non-hydrogen) atoms. The van der Waals surface area contributed by atoms with E-state index in [1.165, 1.54) is 18.2 Å². The van der Waals surface area contributed by atoms with Crippen LogP contribution in [0.25, 0.3) is 0 Å². The Kier molecular flexibility index (Phi) is 4.46. The van der Waals surface area contributed by atoms with Crippen molar-refractivity contribution in [2.75, 3.05) is 0 Å². The van der Waals surface area contributed by atoms with E-state index in [1.54, 1.807) is 0 Å². The minimum absolute atomic E-state index is 0.176. The van der Waals surface area contributed by atoms with E-state index in [-0.39, 0.29) is 17.0 Å². The largest absolute Gasteiger partial charge is 0.390 e. The highest BCUT2D eigenvalue weighted by Crippen LogP contribution is 2.24. The van der Waals surface area contributed by atoms with E-state index in [9.17, 15) is 15.0 Å². The van der Waals surface area contributed by atoms with Crippen molar-refractivity contribution < 1.29 is 15.0 Å². The number of amides is 1. The first kappa shape index (κ1) is 13.5. The quantitative estimate of drug-likeness (QED) is 0.726. The number of carbonyl (C=O) groups is 1. The van der Waals surface area contributed by atoms with E-state index in [2.05, 4.69) is 0 Å². The Hall–Kier alpha value is -1.61. The Morgan fingerprint density at radius 3 is 2.65 bits per heavy atom. The van der Waals surface area contributed by atoms with Crippen LogP contribution in [-0.2, 0) is 4.79 Å². The van der Waals surface area contributed by atoms with Crippen molar-refractivity contribution in [3.8, 4) is 6.07 Å². The second-order valence-electron chi connectivity index (χ2n) is 3.53. The van der Waals surface area contributed by atoms with E-state index < -0.39 is 18.1 Å². The fourth-order valence-corrected chi connectivity index (χ4v) is 1.58. The number of nitriles is 1. The molecule has 0 aliphatic rings. The maximum absolute atomic E-state index is 10.6. The van der Waals surface area contributed by atoms with E-state index in [1.807, 2.05) is 6.07 Å². The molecule has 0 saturated carbocycles. The molecular formula is C11H11ClN2O3. The van der Waals surface area contributed by atoms with E-state index in [0.717, 1.165) is 0 Å². The number of hydrogen-bond donors (Lipinski definition) is 3. The van der Waals surface area contributed by atoms with Crippen molar-refractivity contribution in [2.45, 2.75) is 18.6 Å². The highest BCUT2D eigenvalue weighted by Gasteiger charge is 2.20.